The fourth-order valence-corrected chi connectivity index (χ4v) is 1.92. The summed E-state index contributed by atoms with van der Waals surface area (Å²) >= 11 is 8.02. The number of rotatable bonds is 2. The number of carbonyl (C=O) groups excluding carboxylic acids is 1. The van der Waals surface area contributed by atoms with Gasteiger partial charge in [0.2, 0.25) is 11.1 Å². The van der Waals surface area contributed by atoms with Gasteiger partial charge in [0, 0.05) is 0 Å². The van der Waals surface area contributed by atoms with Crippen molar-refractivity contribution in [2.75, 3.05) is 6.61 Å². The summed E-state index contributed by atoms with van der Waals surface area (Å²) in [4.78, 5) is 19.5. The molecule has 0 radical (unpaired) electrons. The zero-order valence-corrected chi connectivity index (χ0v) is 12.0. The SMILES string of the molecule is CCOC(=O)c1nc(Cl)n2nc(C)c(I)c2n1. The van der Waals surface area contributed by atoms with Crippen molar-refractivity contribution in [3.05, 3.63) is 20.4 Å². The van der Waals surface area contributed by atoms with E-state index in [1.165, 1.54) is 4.52 Å². The third-order valence-corrected chi connectivity index (χ3v) is 3.51. The Morgan fingerprint density at radius 1 is 1.53 bits per heavy atom. The van der Waals surface area contributed by atoms with Crippen molar-refractivity contribution < 1.29 is 9.53 Å². The Morgan fingerprint density at radius 2 is 2.24 bits per heavy atom. The highest BCUT2D eigenvalue weighted by molar-refractivity contribution is 14.1. The monoisotopic (exact) mass is 366 g/mol. The fourth-order valence-electron chi connectivity index (χ4n) is 1.27. The summed E-state index contributed by atoms with van der Waals surface area (Å²) < 4.78 is 7.05. The molecule has 0 aliphatic carbocycles. The molecule has 0 aliphatic rings. The summed E-state index contributed by atoms with van der Waals surface area (Å²) in [5.41, 5.74) is 1.29. The second-order valence-corrected chi connectivity index (χ2v) is 4.59. The van der Waals surface area contributed by atoms with Gasteiger partial charge in [-0.15, -0.1) is 0 Å². The first-order chi connectivity index (χ1) is 8.04. The van der Waals surface area contributed by atoms with Crippen molar-refractivity contribution in [1.82, 2.24) is 19.6 Å². The molecule has 0 aromatic carbocycles. The maximum Gasteiger partial charge on any atom is 0.376 e. The van der Waals surface area contributed by atoms with Crippen molar-refractivity contribution >= 4 is 45.8 Å². The molecule has 2 rings (SSSR count). The number of fused-ring (bicyclic) bond motifs is 1. The number of hydrogen-bond acceptors (Lipinski definition) is 5. The Kier molecular flexibility index (Phi) is 3.48. The second kappa shape index (κ2) is 4.73. The summed E-state index contributed by atoms with van der Waals surface area (Å²) in [5, 5.41) is 4.25. The van der Waals surface area contributed by atoms with Gasteiger partial charge in [0.25, 0.3) is 0 Å². The minimum absolute atomic E-state index is 0.0535. The lowest BCUT2D eigenvalue weighted by molar-refractivity contribution is 0.0512. The quantitative estimate of drug-likeness (QED) is 0.599. The van der Waals surface area contributed by atoms with E-state index in [2.05, 4.69) is 37.7 Å². The standard InChI is InChI=1S/C9H8ClIN4O2/c1-3-17-8(16)6-12-7-5(11)4(2)14-15(7)9(10)13-6/h3H2,1-2H3. The van der Waals surface area contributed by atoms with E-state index < -0.39 is 5.97 Å². The van der Waals surface area contributed by atoms with Gasteiger partial charge in [-0.1, -0.05) is 0 Å². The van der Waals surface area contributed by atoms with Crippen LogP contribution in [0.5, 0.6) is 0 Å². The van der Waals surface area contributed by atoms with E-state index in [1.54, 1.807) is 6.92 Å². The largest absolute Gasteiger partial charge is 0.460 e. The zero-order chi connectivity index (χ0) is 12.6. The number of carbonyl (C=O) groups is 1. The molecule has 2 aromatic heterocycles. The molecular formula is C9H8ClIN4O2. The van der Waals surface area contributed by atoms with Crippen LogP contribution in [0, 0.1) is 10.5 Å². The highest BCUT2D eigenvalue weighted by Gasteiger charge is 2.17. The topological polar surface area (TPSA) is 69.4 Å². The van der Waals surface area contributed by atoms with Gasteiger partial charge in [0.15, 0.2) is 5.65 Å². The molecule has 90 valence electrons. The highest BCUT2D eigenvalue weighted by atomic mass is 127. The molecule has 0 saturated carbocycles. The van der Waals surface area contributed by atoms with Crippen LogP contribution in [0.2, 0.25) is 5.28 Å². The zero-order valence-electron chi connectivity index (χ0n) is 9.07. The molecule has 17 heavy (non-hydrogen) atoms. The molecule has 2 heterocycles. The van der Waals surface area contributed by atoms with Gasteiger partial charge in [0.05, 0.1) is 15.9 Å². The minimum Gasteiger partial charge on any atom is -0.460 e. The lowest BCUT2D eigenvalue weighted by Crippen LogP contribution is -2.12. The summed E-state index contributed by atoms with van der Waals surface area (Å²) in [7, 11) is 0. The van der Waals surface area contributed by atoms with Gasteiger partial charge < -0.3 is 4.74 Å². The molecule has 0 spiro atoms. The van der Waals surface area contributed by atoms with E-state index in [4.69, 9.17) is 16.3 Å². The number of aryl methyl sites for hydroxylation is 1. The maximum atomic E-state index is 11.5. The lowest BCUT2D eigenvalue weighted by atomic mass is 10.5. The third kappa shape index (κ3) is 2.21. The molecule has 6 nitrogen and oxygen atoms in total. The van der Waals surface area contributed by atoms with E-state index in [-0.39, 0.29) is 17.7 Å². The van der Waals surface area contributed by atoms with E-state index >= 15 is 0 Å². The minimum atomic E-state index is -0.591. The predicted molar refractivity (Wildman–Crippen MR) is 69.2 cm³/mol. The Morgan fingerprint density at radius 3 is 2.88 bits per heavy atom. The molecule has 0 aliphatic heterocycles. The number of ether oxygens (including phenoxy) is 1. The van der Waals surface area contributed by atoms with Crippen LogP contribution < -0.4 is 0 Å². The van der Waals surface area contributed by atoms with Gasteiger partial charge in [-0.3, -0.25) is 0 Å². The van der Waals surface area contributed by atoms with Crippen LogP contribution in [0.15, 0.2) is 0 Å². The fraction of sp³-hybridized carbons (Fsp3) is 0.333. The van der Waals surface area contributed by atoms with Crippen molar-refractivity contribution in [2.45, 2.75) is 13.8 Å². The van der Waals surface area contributed by atoms with E-state index in [0.29, 0.717) is 5.65 Å². The average molecular weight is 367 g/mol. The predicted octanol–water partition coefficient (Wildman–Crippen LogP) is 1.87. The Balaban J connectivity index is 2.61. The van der Waals surface area contributed by atoms with E-state index in [1.807, 2.05) is 6.92 Å². The first-order valence-corrected chi connectivity index (χ1v) is 6.25. The lowest BCUT2D eigenvalue weighted by Gasteiger charge is -2.01. The first kappa shape index (κ1) is 12.5. The Hall–Kier alpha value is -0.960. The van der Waals surface area contributed by atoms with Gasteiger partial charge in [-0.25, -0.2) is 9.78 Å². The van der Waals surface area contributed by atoms with Crippen LogP contribution in [0.1, 0.15) is 23.2 Å². The van der Waals surface area contributed by atoms with Crippen LogP contribution in [-0.4, -0.2) is 32.2 Å². The highest BCUT2D eigenvalue weighted by Crippen LogP contribution is 2.18. The molecule has 0 N–H and O–H groups in total. The van der Waals surface area contributed by atoms with Gasteiger partial charge in [0.1, 0.15) is 0 Å². The molecule has 0 bridgehead atoms. The molecule has 0 saturated heterocycles. The van der Waals surface area contributed by atoms with Crippen LogP contribution in [0.3, 0.4) is 0 Å². The molecule has 0 atom stereocenters. The van der Waals surface area contributed by atoms with Gasteiger partial charge >= 0.3 is 5.97 Å². The number of hydrogen-bond donors (Lipinski definition) is 0. The van der Waals surface area contributed by atoms with Gasteiger partial charge in [-0.2, -0.15) is 14.6 Å². The number of esters is 1. The van der Waals surface area contributed by atoms with Crippen molar-refractivity contribution in [3.63, 3.8) is 0 Å². The van der Waals surface area contributed by atoms with Crippen molar-refractivity contribution in [3.8, 4) is 0 Å². The first-order valence-electron chi connectivity index (χ1n) is 4.80. The molecular weight excluding hydrogens is 358 g/mol. The molecule has 0 amide bonds. The summed E-state index contributed by atoms with van der Waals surface area (Å²) in [5.74, 6) is -0.645. The summed E-state index contributed by atoms with van der Waals surface area (Å²) in [6.07, 6.45) is 0. The molecule has 0 fully saturated rings. The second-order valence-electron chi connectivity index (χ2n) is 3.17. The van der Waals surface area contributed by atoms with Crippen LogP contribution in [-0.2, 0) is 4.74 Å². The number of nitrogens with zero attached hydrogens (tertiary/aromatic N) is 4. The van der Waals surface area contributed by atoms with Crippen LogP contribution in [0.4, 0.5) is 0 Å². The maximum absolute atomic E-state index is 11.5. The third-order valence-electron chi connectivity index (χ3n) is 2.01. The normalized spacial score (nSPS) is 10.8. The number of aromatic nitrogens is 4. The van der Waals surface area contributed by atoms with Crippen LogP contribution in [0.25, 0.3) is 5.65 Å². The van der Waals surface area contributed by atoms with Crippen molar-refractivity contribution in [2.24, 2.45) is 0 Å². The molecule has 2 aromatic rings. The van der Waals surface area contributed by atoms with Gasteiger partial charge in [-0.05, 0) is 48.0 Å². The summed E-state index contributed by atoms with van der Waals surface area (Å²) in [6.45, 7) is 3.81. The Labute approximate surface area is 115 Å². The van der Waals surface area contributed by atoms with Crippen molar-refractivity contribution in [1.29, 1.82) is 0 Å². The molecule has 8 heteroatoms. The smallest absolute Gasteiger partial charge is 0.376 e. The Bertz CT molecular complexity index is 598. The number of halogens is 2. The van der Waals surface area contributed by atoms with E-state index in [0.717, 1.165) is 9.26 Å². The average Bonchev–Trinajstić information content (AvgIpc) is 2.57. The molecule has 0 unspecified atom stereocenters. The summed E-state index contributed by atoms with van der Waals surface area (Å²) in [6, 6.07) is 0. The van der Waals surface area contributed by atoms with Crippen LogP contribution >= 0.6 is 34.2 Å². The van der Waals surface area contributed by atoms with E-state index in [9.17, 15) is 4.79 Å².